The number of amides is 1. The highest BCUT2D eigenvalue weighted by Crippen LogP contribution is 2.13. The number of halogens is 1. The number of rotatable bonds is 5. The minimum absolute atomic E-state index is 0.210. The Bertz CT molecular complexity index is 598. The van der Waals surface area contributed by atoms with Crippen molar-refractivity contribution < 1.29 is 9.18 Å². The highest BCUT2D eigenvalue weighted by Gasteiger charge is 2.14. The predicted octanol–water partition coefficient (Wildman–Crippen LogP) is 0.867. The van der Waals surface area contributed by atoms with E-state index in [-0.39, 0.29) is 23.5 Å². The summed E-state index contributed by atoms with van der Waals surface area (Å²) >= 11 is 0. The maximum absolute atomic E-state index is 13.1. The van der Waals surface area contributed by atoms with E-state index in [0.29, 0.717) is 18.7 Å². The number of carbonyl (C=O) groups excluding carboxylic acids is 1. The molecule has 7 heteroatoms. The SMILES string of the molecule is C[C@@H](NC(=O)c1cn(CCN)nn1)c1cccc(F)c1. The molecule has 0 saturated carbocycles. The molecule has 2 aromatic rings. The Kier molecular flexibility index (Phi) is 4.41. The van der Waals surface area contributed by atoms with Crippen LogP contribution in [-0.4, -0.2) is 27.4 Å². The van der Waals surface area contributed by atoms with Crippen molar-refractivity contribution in [2.75, 3.05) is 6.54 Å². The van der Waals surface area contributed by atoms with Gasteiger partial charge in [-0.15, -0.1) is 5.10 Å². The summed E-state index contributed by atoms with van der Waals surface area (Å²) in [5.41, 5.74) is 6.29. The van der Waals surface area contributed by atoms with E-state index in [0.717, 1.165) is 0 Å². The van der Waals surface area contributed by atoms with Gasteiger partial charge in [0.05, 0.1) is 18.8 Å². The summed E-state index contributed by atoms with van der Waals surface area (Å²) in [7, 11) is 0. The van der Waals surface area contributed by atoms with Gasteiger partial charge < -0.3 is 11.1 Å². The molecule has 0 aliphatic carbocycles. The van der Waals surface area contributed by atoms with Crippen molar-refractivity contribution in [3.05, 3.63) is 47.5 Å². The van der Waals surface area contributed by atoms with Crippen LogP contribution in [0.25, 0.3) is 0 Å². The van der Waals surface area contributed by atoms with Crippen LogP contribution in [0.2, 0.25) is 0 Å². The lowest BCUT2D eigenvalue weighted by Gasteiger charge is -2.13. The van der Waals surface area contributed by atoms with Crippen molar-refractivity contribution in [3.63, 3.8) is 0 Å². The van der Waals surface area contributed by atoms with Crippen molar-refractivity contribution in [2.24, 2.45) is 5.73 Å². The molecule has 0 spiro atoms. The molecule has 0 saturated heterocycles. The summed E-state index contributed by atoms with van der Waals surface area (Å²) in [5, 5.41) is 10.3. The zero-order chi connectivity index (χ0) is 14.5. The molecule has 1 aromatic carbocycles. The molecule has 0 aliphatic heterocycles. The Morgan fingerprint density at radius 1 is 1.55 bits per heavy atom. The van der Waals surface area contributed by atoms with Crippen molar-refractivity contribution in [1.29, 1.82) is 0 Å². The predicted molar refractivity (Wildman–Crippen MR) is 71.4 cm³/mol. The first kappa shape index (κ1) is 14.1. The van der Waals surface area contributed by atoms with E-state index < -0.39 is 0 Å². The molecule has 0 unspecified atom stereocenters. The molecular formula is C13H16FN5O. The molecule has 0 bridgehead atoms. The molecule has 1 aromatic heterocycles. The molecule has 3 N–H and O–H groups in total. The molecular weight excluding hydrogens is 261 g/mol. The molecule has 1 heterocycles. The quantitative estimate of drug-likeness (QED) is 0.849. The average molecular weight is 277 g/mol. The van der Waals surface area contributed by atoms with Gasteiger partial charge in [0.1, 0.15) is 5.82 Å². The van der Waals surface area contributed by atoms with Crippen LogP contribution in [0.1, 0.15) is 29.0 Å². The minimum Gasteiger partial charge on any atom is -0.344 e. The molecule has 0 radical (unpaired) electrons. The lowest BCUT2D eigenvalue weighted by atomic mass is 10.1. The monoisotopic (exact) mass is 277 g/mol. The number of nitrogens with two attached hydrogens (primary N) is 1. The van der Waals surface area contributed by atoms with Gasteiger partial charge in [0.2, 0.25) is 0 Å². The molecule has 0 aliphatic rings. The first-order chi connectivity index (χ1) is 9.60. The van der Waals surface area contributed by atoms with Crippen molar-refractivity contribution in [2.45, 2.75) is 19.5 Å². The number of nitrogens with zero attached hydrogens (tertiary/aromatic N) is 3. The number of hydrogen-bond acceptors (Lipinski definition) is 4. The van der Waals surface area contributed by atoms with Crippen LogP contribution in [0.15, 0.2) is 30.5 Å². The Balaban J connectivity index is 2.03. The summed E-state index contributed by atoms with van der Waals surface area (Å²) in [4.78, 5) is 12.0. The molecule has 2 rings (SSSR count). The lowest BCUT2D eigenvalue weighted by Crippen LogP contribution is -2.27. The van der Waals surface area contributed by atoms with E-state index in [1.165, 1.54) is 23.0 Å². The Hall–Kier alpha value is -2.28. The Morgan fingerprint density at radius 2 is 2.35 bits per heavy atom. The van der Waals surface area contributed by atoms with Crippen LogP contribution >= 0.6 is 0 Å². The fraction of sp³-hybridized carbons (Fsp3) is 0.308. The number of nitrogens with one attached hydrogen (secondary N) is 1. The van der Waals surface area contributed by atoms with Gasteiger partial charge in [-0.1, -0.05) is 17.3 Å². The summed E-state index contributed by atoms with van der Waals surface area (Å²) in [6.45, 7) is 2.70. The van der Waals surface area contributed by atoms with E-state index >= 15 is 0 Å². The number of hydrogen-bond donors (Lipinski definition) is 2. The summed E-state index contributed by atoms with van der Waals surface area (Å²) in [6.07, 6.45) is 1.53. The van der Waals surface area contributed by atoms with Crippen LogP contribution in [0.3, 0.4) is 0 Å². The second kappa shape index (κ2) is 6.25. The lowest BCUT2D eigenvalue weighted by molar-refractivity contribution is 0.0934. The van der Waals surface area contributed by atoms with Crippen LogP contribution in [-0.2, 0) is 6.54 Å². The smallest absolute Gasteiger partial charge is 0.273 e. The van der Waals surface area contributed by atoms with E-state index in [2.05, 4.69) is 15.6 Å². The number of aromatic nitrogens is 3. The van der Waals surface area contributed by atoms with Gasteiger partial charge in [-0.2, -0.15) is 0 Å². The molecule has 106 valence electrons. The normalized spacial score (nSPS) is 12.2. The fourth-order valence-electron chi connectivity index (χ4n) is 1.77. The van der Waals surface area contributed by atoms with E-state index in [9.17, 15) is 9.18 Å². The summed E-state index contributed by atoms with van der Waals surface area (Å²) < 4.78 is 14.6. The molecule has 1 atom stereocenters. The van der Waals surface area contributed by atoms with Gasteiger partial charge in [-0.3, -0.25) is 9.48 Å². The summed E-state index contributed by atoms with van der Waals surface area (Å²) in [5.74, 6) is -0.692. The van der Waals surface area contributed by atoms with Gasteiger partial charge in [0.25, 0.3) is 5.91 Å². The van der Waals surface area contributed by atoms with Crippen LogP contribution in [0.4, 0.5) is 4.39 Å². The third-order valence-corrected chi connectivity index (χ3v) is 2.83. The second-order valence-corrected chi connectivity index (χ2v) is 4.41. The number of benzene rings is 1. The minimum atomic E-state index is -0.356. The van der Waals surface area contributed by atoms with Crippen LogP contribution in [0.5, 0.6) is 0 Å². The summed E-state index contributed by atoms with van der Waals surface area (Å²) in [6, 6.07) is 5.77. The average Bonchev–Trinajstić information content (AvgIpc) is 2.88. The van der Waals surface area contributed by atoms with Gasteiger partial charge in [-0.05, 0) is 24.6 Å². The first-order valence-corrected chi connectivity index (χ1v) is 6.26. The zero-order valence-corrected chi connectivity index (χ0v) is 11.1. The van der Waals surface area contributed by atoms with E-state index in [1.807, 2.05) is 0 Å². The molecule has 1 amide bonds. The van der Waals surface area contributed by atoms with Crippen molar-refractivity contribution >= 4 is 5.91 Å². The zero-order valence-electron chi connectivity index (χ0n) is 11.1. The van der Waals surface area contributed by atoms with Crippen molar-refractivity contribution in [1.82, 2.24) is 20.3 Å². The van der Waals surface area contributed by atoms with Gasteiger partial charge >= 0.3 is 0 Å². The van der Waals surface area contributed by atoms with Crippen LogP contribution < -0.4 is 11.1 Å². The highest BCUT2D eigenvalue weighted by molar-refractivity contribution is 5.92. The third-order valence-electron chi connectivity index (χ3n) is 2.83. The first-order valence-electron chi connectivity index (χ1n) is 6.26. The Morgan fingerprint density at radius 3 is 3.05 bits per heavy atom. The fourth-order valence-corrected chi connectivity index (χ4v) is 1.77. The molecule has 20 heavy (non-hydrogen) atoms. The maximum Gasteiger partial charge on any atom is 0.273 e. The third kappa shape index (κ3) is 3.39. The van der Waals surface area contributed by atoms with E-state index in [1.54, 1.807) is 19.1 Å². The number of carbonyl (C=O) groups is 1. The molecule has 6 nitrogen and oxygen atoms in total. The van der Waals surface area contributed by atoms with Gasteiger partial charge in [0, 0.05) is 6.54 Å². The maximum atomic E-state index is 13.1. The Labute approximate surface area is 115 Å². The standard InChI is InChI=1S/C13H16FN5O/c1-9(10-3-2-4-11(14)7-10)16-13(20)12-8-19(6-5-15)18-17-12/h2-4,7-9H,5-6,15H2,1H3,(H,16,20)/t9-/m1/s1. The highest BCUT2D eigenvalue weighted by atomic mass is 19.1. The largest absolute Gasteiger partial charge is 0.344 e. The topological polar surface area (TPSA) is 85.8 Å². The van der Waals surface area contributed by atoms with E-state index in [4.69, 9.17) is 5.73 Å². The van der Waals surface area contributed by atoms with Gasteiger partial charge in [-0.25, -0.2) is 4.39 Å². The van der Waals surface area contributed by atoms with Gasteiger partial charge in [0.15, 0.2) is 5.69 Å². The van der Waals surface area contributed by atoms with Crippen LogP contribution in [0, 0.1) is 5.82 Å². The molecule has 0 fully saturated rings. The second-order valence-electron chi connectivity index (χ2n) is 4.41. The van der Waals surface area contributed by atoms with Crippen molar-refractivity contribution in [3.8, 4) is 0 Å².